The Morgan fingerprint density at radius 1 is 1.35 bits per heavy atom. The van der Waals surface area contributed by atoms with Crippen LogP contribution in [0.25, 0.3) is 0 Å². The van der Waals surface area contributed by atoms with E-state index in [4.69, 9.17) is 4.74 Å². The van der Waals surface area contributed by atoms with Gasteiger partial charge in [0.2, 0.25) is 0 Å². The van der Waals surface area contributed by atoms with Gasteiger partial charge in [-0.25, -0.2) is 4.98 Å². The number of rotatable bonds is 3. The van der Waals surface area contributed by atoms with Gasteiger partial charge in [-0.2, -0.15) is 13.2 Å². The summed E-state index contributed by atoms with van der Waals surface area (Å²) in [6.45, 7) is 3.43. The molecule has 0 saturated heterocycles. The Balaban J connectivity index is 2.33. The second-order valence-corrected chi connectivity index (χ2v) is 4.58. The van der Waals surface area contributed by atoms with Crippen LogP contribution in [0.4, 0.5) is 13.2 Å². The van der Waals surface area contributed by atoms with Crippen molar-refractivity contribution < 1.29 is 17.9 Å². The highest BCUT2D eigenvalue weighted by molar-refractivity contribution is 5.33. The summed E-state index contributed by atoms with van der Waals surface area (Å²) < 4.78 is 43.6. The highest BCUT2D eigenvalue weighted by Crippen LogP contribution is 2.36. The van der Waals surface area contributed by atoms with Crippen molar-refractivity contribution in [2.24, 2.45) is 0 Å². The zero-order valence-electron chi connectivity index (χ0n) is 9.71. The van der Waals surface area contributed by atoms with Crippen molar-refractivity contribution in [3.8, 4) is 5.75 Å². The molecule has 17 heavy (non-hydrogen) atoms. The molecule has 1 fully saturated rings. The van der Waals surface area contributed by atoms with Crippen LogP contribution in [0.15, 0.2) is 12.3 Å². The van der Waals surface area contributed by atoms with Gasteiger partial charge < -0.3 is 4.74 Å². The second kappa shape index (κ2) is 4.20. The smallest absolute Gasteiger partial charge is 0.433 e. The fourth-order valence-corrected chi connectivity index (χ4v) is 1.58. The highest BCUT2D eigenvalue weighted by atomic mass is 19.4. The average molecular weight is 245 g/mol. The molecule has 5 heteroatoms. The maximum Gasteiger partial charge on any atom is 0.433 e. The summed E-state index contributed by atoms with van der Waals surface area (Å²) in [5.41, 5.74) is -0.619. The van der Waals surface area contributed by atoms with Crippen LogP contribution in [0.2, 0.25) is 0 Å². The summed E-state index contributed by atoms with van der Waals surface area (Å²) in [4.78, 5) is 3.50. The van der Waals surface area contributed by atoms with Crippen molar-refractivity contribution in [1.29, 1.82) is 0 Å². The highest BCUT2D eigenvalue weighted by Gasteiger charge is 2.36. The number of aromatic nitrogens is 1. The van der Waals surface area contributed by atoms with E-state index in [1.807, 2.05) is 0 Å². The third kappa shape index (κ3) is 2.90. The SMILES string of the molecule is CC(C)c1cc(OC2CC2)cnc1C(F)(F)F. The minimum Gasteiger partial charge on any atom is -0.489 e. The molecule has 1 aliphatic rings. The van der Waals surface area contributed by atoms with Gasteiger partial charge in [0, 0.05) is 0 Å². The number of hydrogen-bond acceptors (Lipinski definition) is 2. The van der Waals surface area contributed by atoms with E-state index in [2.05, 4.69) is 4.98 Å². The molecule has 94 valence electrons. The van der Waals surface area contributed by atoms with Crippen molar-refractivity contribution >= 4 is 0 Å². The number of ether oxygens (including phenoxy) is 1. The molecule has 0 spiro atoms. The molecule has 0 aliphatic heterocycles. The summed E-state index contributed by atoms with van der Waals surface area (Å²) >= 11 is 0. The van der Waals surface area contributed by atoms with Crippen molar-refractivity contribution in [3.05, 3.63) is 23.5 Å². The molecule has 2 nitrogen and oxygen atoms in total. The van der Waals surface area contributed by atoms with E-state index in [0.29, 0.717) is 5.75 Å². The first-order chi connectivity index (χ1) is 7.88. The van der Waals surface area contributed by atoms with Crippen molar-refractivity contribution in [2.75, 3.05) is 0 Å². The van der Waals surface area contributed by atoms with E-state index >= 15 is 0 Å². The topological polar surface area (TPSA) is 22.1 Å². The van der Waals surface area contributed by atoms with Gasteiger partial charge in [-0.15, -0.1) is 0 Å². The maximum absolute atomic E-state index is 12.7. The van der Waals surface area contributed by atoms with Gasteiger partial charge in [-0.1, -0.05) is 13.8 Å². The van der Waals surface area contributed by atoms with E-state index in [-0.39, 0.29) is 17.6 Å². The van der Waals surface area contributed by atoms with Crippen LogP contribution < -0.4 is 4.74 Å². The first-order valence-corrected chi connectivity index (χ1v) is 5.61. The molecule has 2 rings (SSSR count). The van der Waals surface area contributed by atoms with Crippen LogP contribution in [0.3, 0.4) is 0 Å². The van der Waals surface area contributed by atoms with E-state index in [9.17, 15) is 13.2 Å². The molecule has 1 heterocycles. The van der Waals surface area contributed by atoms with Gasteiger partial charge in [-0.05, 0) is 30.4 Å². The lowest BCUT2D eigenvalue weighted by Crippen LogP contribution is -2.13. The summed E-state index contributed by atoms with van der Waals surface area (Å²) in [6.07, 6.45) is -1.14. The van der Waals surface area contributed by atoms with Gasteiger partial charge in [0.1, 0.15) is 11.4 Å². The Morgan fingerprint density at radius 3 is 2.47 bits per heavy atom. The minimum absolute atomic E-state index is 0.161. The quantitative estimate of drug-likeness (QED) is 0.808. The molecular weight excluding hydrogens is 231 g/mol. The second-order valence-electron chi connectivity index (χ2n) is 4.58. The van der Waals surface area contributed by atoms with Gasteiger partial charge in [0.25, 0.3) is 0 Å². The van der Waals surface area contributed by atoms with Crippen LogP contribution in [0.5, 0.6) is 5.75 Å². The summed E-state index contributed by atoms with van der Waals surface area (Å²) in [5, 5.41) is 0. The zero-order valence-corrected chi connectivity index (χ0v) is 9.71. The van der Waals surface area contributed by atoms with E-state index < -0.39 is 11.9 Å². The molecule has 1 aliphatic carbocycles. The Labute approximate surface area is 97.8 Å². The number of nitrogens with zero attached hydrogens (tertiary/aromatic N) is 1. The predicted molar refractivity (Wildman–Crippen MR) is 57.0 cm³/mol. The molecule has 0 radical (unpaired) electrons. The van der Waals surface area contributed by atoms with E-state index in [1.165, 1.54) is 6.07 Å². The molecule has 1 aromatic rings. The number of alkyl halides is 3. The van der Waals surface area contributed by atoms with Crippen molar-refractivity contribution in [1.82, 2.24) is 4.98 Å². The molecule has 1 aromatic heterocycles. The van der Waals surface area contributed by atoms with Crippen molar-refractivity contribution in [2.45, 2.75) is 44.9 Å². The number of hydrogen-bond donors (Lipinski definition) is 0. The lowest BCUT2D eigenvalue weighted by atomic mass is 10.0. The fourth-order valence-electron chi connectivity index (χ4n) is 1.58. The molecule has 0 amide bonds. The molecule has 0 aromatic carbocycles. The predicted octanol–water partition coefficient (Wildman–Crippen LogP) is 3.77. The standard InChI is InChI=1S/C12H14F3NO/c1-7(2)10-5-9(17-8-3-4-8)6-16-11(10)12(13,14)15/h5-8H,3-4H2,1-2H3. The largest absolute Gasteiger partial charge is 0.489 e. The average Bonchev–Trinajstić information content (AvgIpc) is 2.99. The molecule has 0 N–H and O–H groups in total. The normalized spacial score (nSPS) is 16.4. The Kier molecular flexibility index (Phi) is 3.02. The Hall–Kier alpha value is -1.26. The summed E-state index contributed by atoms with van der Waals surface area (Å²) in [5.74, 6) is 0.200. The van der Waals surface area contributed by atoms with Gasteiger partial charge in [0.05, 0.1) is 12.3 Å². The first kappa shape index (κ1) is 12.2. The number of halogens is 3. The molecular formula is C12H14F3NO. The van der Waals surface area contributed by atoms with E-state index in [1.54, 1.807) is 13.8 Å². The maximum atomic E-state index is 12.7. The molecule has 0 atom stereocenters. The molecule has 0 unspecified atom stereocenters. The van der Waals surface area contributed by atoms with Crippen LogP contribution in [-0.2, 0) is 6.18 Å². The monoisotopic (exact) mass is 245 g/mol. The van der Waals surface area contributed by atoms with Gasteiger partial charge >= 0.3 is 6.18 Å². The molecule has 0 bridgehead atoms. The van der Waals surface area contributed by atoms with Crippen LogP contribution in [-0.4, -0.2) is 11.1 Å². The van der Waals surface area contributed by atoms with Crippen LogP contribution in [0.1, 0.15) is 43.9 Å². The Bertz CT molecular complexity index is 411. The van der Waals surface area contributed by atoms with Crippen LogP contribution >= 0.6 is 0 Å². The van der Waals surface area contributed by atoms with Gasteiger partial charge in [-0.3, -0.25) is 0 Å². The number of pyridine rings is 1. The van der Waals surface area contributed by atoms with Gasteiger partial charge in [0.15, 0.2) is 0 Å². The van der Waals surface area contributed by atoms with Crippen molar-refractivity contribution in [3.63, 3.8) is 0 Å². The Morgan fingerprint density at radius 2 is 2.00 bits per heavy atom. The lowest BCUT2D eigenvalue weighted by molar-refractivity contribution is -0.142. The summed E-state index contributed by atoms with van der Waals surface area (Å²) in [7, 11) is 0. The van der Waals surface area contributed by atoms with E-state index in [0.717, 1.165) is 19.0 Å². The fraction of sp³-hybridized carbons (Fsp3) is 0.583. The third-order valence-electron chi connectivity index (χ3n) is 2.61. The first-order valence-electron chi connectivity index (χ1n) is 5.61. The lowest BCUT2D eigenvalue weighted by Gasteiger charge is -2.15. The summed E-state index contributed by atoms with van der Waals surface area (Å²) in [6, 6.07) is 1.46. The van der Waals surface area contributed by atoms with Crippen LogP contribution in [0, 0.1) is 0 Å². The third-order valence-corrected chi connectivity index (χ3v) is 2.61. The minimum atomic E-state index is -4.41. The zero-order chi connectivity index (χ0) is 12.6. The molecule has 1 saturated carbocycles.